The fourth-order valence-electron chi connectivity index (χ4n) is 3.63. The number of fused-ring (bicyclic) bond motifs is 1. The fourth-order valence-corrected chi connectivity index (χ4v) is 5.08. The number of alkyl halides is 3. The molecule has 0 atom stereocenters. The number of rotatable bonds is 6. The van der Waals surface area contributed by atoms with Crippen molar-refractivity contribution in [1.29, 1.82) is 0 Å². The second kappa shape index (κ2) is 10.2. The van der Waals surface area contributed by atoms with Gasteiger partial charge >= 0.3 is 6.18 Å². The molecule has 1 aliphatic rings. The molecule has 1 aromatic heterocycles. The molecule has 0 saturated carbocycles. The first-order valence-electron chi connectivity index (χ1n) is 9.68. The van der Waals surface area contributed by atoms with Gasteiger partial charge in [0.05, 0.1) is 35.5 Å². The molecule has 0 bridgehead atoms. The third-order valence-electron chi connectivity index (χ3n) is 5.29. The maximum atomic E-state index is 12.8. The molecule has 2 aromatic rings. The van der Waals surface area contributed by atoms with Crippen LogP contribution in [0.2, 0.25) is 10.0 Å². The third kappa shape index (κ3) is 5.20. The number of aromatic nitrogens is 1. The van der Waals surface area contributed by atoms with Crippen LogP contribution >= 0.6 is 45.8 Å². The molecule has 1 amide bonds. The Balaban J connectivity index is 1.66. The summed E-state index contributed by atoms with van der Waals surface area (Å²) in [6.45, 7) is 0.774. The van der Waals surface area contributed by atoms with Crippen molar-refractivity contribution in [2.24, 2.45) is 0 Å². The Bertz CT molecular complexity index is 1030. The summed E-state index contributed by atoms with van der Waals surface area (Å²) in [6.07, 6.45) is -1.95. The summed E-state index contributed by atoms with van der Waals surface area (Å²) in [6, 6.07) is 1.07. The molecule has 0 unspecified atom stereocenters. The maximum absolute atomic E-state index is 12.8. The van der Waals surface area contributed by atoms with Crippen LogP contribution in [-0.2, 0) is 30.4 Å². The molecule has 2 heterocycles. The Morgan fingerprint density at radius 2 is 1.81 bits per heavy atom. The minimum absolute atomic E-state index is 0.0699. The molecular weight excluding hydrogens is 583 g/mol. The normalized spacial score (nSPS) is 13.7. The van der Waals surface area contributed by atoms with E-state index < -0.39 is 11.7 Å². The van der Waals surface area contributed by atoms with Gasteiger partial charge in [-0.05, 0) is 59.0 Å². The van der Waals surface area contributed by atoms with Crippen molar-refractivity contribution in [2.75, 3.05) is 20.8 Å². The van der Waals surface area contributed by atoms with Gasteiger partial charge in [0.25, 0.3) is 0 Å². The van der Waals surface area contributed by atoms with Crippen LogP contribution in [0.1, 0.15) is 35.2 Å². The zero-order valence-electron chi connectivity index (χ0n) is 17.3. The van der Waals surface area contributed by atoms with Gasteiger partial charge in [-0.2, -0.15) is 13.2 Å². The molecule has 174 valence electrons. The van der Waals surface area contributed by atoms with Crippen LogP contribution in [0.25, 0.3) is 0 Å². The number of nitrogens with zero attached hydrogens (tertiary/aromatic N) is 2. The van der Waals surface area contributed by atoms with Crippen molar-refractivity contribution in [1.82, 2.24) is 9.88 Å². The smallest absolute Gasteiger partial charge is 0.417 e. The molecule has 5 nitrogen and oxygen atoms in total. The van der Waals surface area contributed by atoms with Gasteiger partial charge in [0.2, 0.25) is 5.91 Å². The number of benzene rings is 1. The highest BCUT2D eigenvalue weighted by Gasteiger charge is 2.32. The Morgan fingerprint density at radius 3 is 2.38 bits per heavy atom. The van der Waals surface area contributed by atoms with E-state index >= 15 is 0 Å². The van der Waals surface area contributed by atoms with E-state index in [4.69, 9.17) is 32.7 Å². The van der Waals surface area contributed by atoms with Gasteiger partial charge in [-0.3, -0.25) is 9.78 Å². The lowest BCUT2D eigenvalue weighted by Gasteiger charge is -2.31. The lowest BCUT2D eigenvalue weighted by atomic mass is 9.97. The standard InChI is InChI=1S/C21H20Cl2F3IN2O3/c1-31-19-17(22)12-6-7-29(10-13(12)18(23)20(19)32-2)16(30)5-3-4-15-14(27)8-11(9-28-15)21(24,25)26/h8-9H,3-7,10H2,1-2H3. The predicted octanol–water partition coefficient (Wildman–Crippen LogP) is 5.94. The van der Waals surface area contributed by atoms with E-state index in [2.05, 4.69) is 4.98 Å². The minimum atomic E-state index is -4.43. The Morgan fingerprint density at radius 1 is 1.19 bits per heavy atom. The number of carbonyl (C=O) groups excluding carboxylic acids is 1. The molecule has 0 aliphatic carbocycles. The molecule has 32 heavy (non-hydrogen) atoms. The van der Waals surface area contributed by atoms with Crippen LogP contribution in [-0.4, -0.2) is 36.6 Å². The highest BCUT2D eigenvalue weighted by atomic mass is 127. The van der Waals surface area contributed by atoms with Crippen molar-refractivity contribution in [3.8, 4) is 11.5 Å². The molecule has 1 aromatic carbocycles. The van der Waals surface area contributed by atoms with E-state index in [9.17, 15) is 18.0 Å². The first-order valence-corrected chi connectivity index (χ1v) is 11.5. The number of amides is 1. The molecule has 0 saturated heterocycles. The van der Waals surface area contributed by atoms with Crippen LogP contribution in [0.4, 0.5) is 13.2 Å². The summed E-state index contributed by atoms with van der Waals surface area (Å²) in [5.41, 5.74) is 1.33. The van der Waals surface area contributed by atoms with E-state index in [0.717, 1.165) is 23.4 Å². The molecule has 3 rings (SSSR count). The molecule has 11 heteroatoms. The van der Waals surface area contributed by atoms with Crippen molar-refractivity contribution in [2.45, 2.75) is 38.4 Å². The SMILES string of the molecule is COc1c(Cl)c2c(c(Cl)c1OC)CN(C(=O)CCCc1ncc(C(F)(F)F)cc1I)CC2. The number of hydrogen-bond donors (Lipinski definition) is 0. The van der Waals surface area contributed by atoms with Gasteiger partial charge in [0, 0.05) is 29.3 Å². The van der Waals surface area contributed by atoms with E-state index in [-0.39, 0.29) is 12.3 Å². The monoisotopic (exact) mass is 602 g/mol. The van der Waals surface area contributed by atoms with Crippen LogP contribution in [0, 0.1) is 3.57 Å². The summed E-state index contributed by atoms with van der Waals surface area (Å²) < 4.78 is 49.5. The molecule has 0 spiro atoms. The molecule has 1 aliphatic heterocycles. The number of carbonyl (C=O) groups is 1. The average Bonchev–Trinajstić information content (AvgIpc) is 2.75. The van der Waals surface area contributed by atoms with Crippen molar-refractivity contribution in [3.05, 3.63) is 48.3 Å². The molecule has 0 radical (unpaired) electrons. The fraction of sp³-hybridized carbons (Fsp3) is 0.429. The number of halogens is 6. The second-order valence-corrected chi connectivity index (χ2v) is 9.14. The zero-order chi connectivity index (χ0) is 23.6. The maximum Gasteiger partial charge on any atom is 0.417 e. The average molecular weight is 603 g/mol. The van der Waals surface area contributed by atoms with Crippen molar-refractivity contribution >= 4 is 51.7 Å². The predicted molar refractivity (Wildman–Crippen MR) is 124 cm³/mol. The number of methoxy groups -OCH3 is 2. The highest BCUT2D eigenvalue weighted by Crippen LogP contribution is 2.47. The first-order chi connectivity index (χ1) is 15.1. The van der Waals surface area contributed by atoms with Gasteiger partial charge < -0.3 is 14.4 Å². The van der Waals surface area contributed by atoms with Crippen molar-refractivity contribution < 1.29 is 27.4 Å². The second-order valence-electron chi connectivity index (χ2n) is 7.22. The summed E-state index contributed by atoms with van der Waals surface area (Å²) in [5.74, 6) is 0.631. The van der Waals surface area contributed by atoms with Gasteiger partial charge in [-0.25, -0.2) is 0 Å². The van der Waals surface area contributed by atoms with Crippen LogP contribution in [0.5, 0.6) is 11.5 Å². The zero-order valence-corrected chi connectivity index (χ0v) is 21.0. The summed E-state index contributed by atoms with van der Waals surface area (Å²) in [4.78, 5) is 18.4. The molecule has 0 N–H and O–H groups in total. The Labute approximate surface area is 207 Å². The quantitative estimate of drug-likeness (QED) is 0.384. The van der Waals surface area contributed by atoms with Crippen molar-refractivity contribution in [3.63, 3.8) is 0 Å². The lowest BCUT2D eigenvalue weighted by Crippen LogP contribution is -2.36. The van der Waals surface area contributed by atoms with E-state index in [1.807, 2.05) is 22.6 Å². The highest BCUT2D eigenvalue weighted by molar-refractivity contribution is 14.1. The number of hydrogen-bond acceptors (Lipinski definition) is 4. The van der Waals surface area contributed by atoms with Crippen LogP contribution in [0.3, 0.4) is 0 Å². The van der Waals surface area contributed by atoms with Gasteiger partial charge in [-0.1, -0.05) is 23.2 Å². The van der Waals surface area contributed by atoms with E-state index in [1.165, 1.54) is 14.2 Å². The van der Waals surface area contributed by atoms with Gasteiger partial charge in [-0.15, -0.1) is 0 Å². The number of ether oxygens (including phenoxy) is 2. The molecule has 0 fully saturated rings. The Hall–Kier alpha value is -1.46. The number of pyridine rings is 1. The van der Waals surface area contributed by atoms with E-state index in [1.54, 1.807) is 4.90 Å². The third-order valence-corrected chi connectivity index (χ3v) is 7.02. The van der Waals surface area contributed by atoms with E-state index in [0.29, 0.717) is 63.2 Å². The van der Waals surface area contributed by atoms with Crippen LogP contribution < -0.4 is 9.47 Å². The largest absolute Gasteiger partial charge is 0.491 e. The topological polar surface area (TPSA) is 51.7 Å². The van der Waals surface area contributed by atoms with Crippen LogP contribution in [0.15, 0.2) is 12.3 Å². The summed E-state index contributed by atoms with van der Waals surface area (Å²) >= 11 is 14.8. The van der Waals surface area contributed by atoms with Gasteiger partial charge in [0.15, 0.2) is 11.5 Å². The minimum Gasteiger partial charge on any atom is -0.491 e. The Kier molecular flexibility index (Phi) is 8.03. The first kappa shape index (κ1) is 25.2. The summed E-state index contributed by atoms with van der Waals surface area (Å²) in [7, 11) is 2.95. The van der Waals surface area contributed by atoms with Gasteiger partial charge in [0.1, 0.15) is 0 Å². The lowest BCUT2D eigenvalue weighted by molar-refractivity contribution is -0.138. The summed E-state index contributed by atoms with van der Waals surface area (Å²) in [5, 5.41) is 0.795. The number of aryl methyl sites for hydroxylation is 1. The molecular formula is C21H20Cl2F3IN2O3.